The SMILES string of the molecule is C=Cn1cc(CNc2ccc(Br)cc2C)cn1. The van der Waals surface area contributed by atoms with Crippen molar-refractivity contribution >= 4 is 27.8 Å². The smallest absolute Gasteiger partial charge is 0.0543 e. The van der Waals surface area contributed by atoms with Crippen molar-refractivity contribution in [2.24, 2.45) is 0 Å². The number of nitrogens with zero attached hydrogens (tertiary/aromatic N) is 2. The van der Waals surface area contributed by atoms with Crippen LogP contribution in [0.3, 0.4) is 0 Å². The van der Waals surface area contributed by atoms with Gasteiger partial charge in [0.25, 0.3) is 0 Å². The molecule has 17 heavy (non-hydrogen) atoms. The van der Waals surface area contributed by atoms with Gasteiger partial charge >= 0.3 is 0 Å². The lowest BCUT2D eigenvalue weighted by Crippen LogP contribution is -1.99. The fourth-order valence-electron chi connectivity index (χ4n) is 1.59. The minimum absolute atomic E-state index is 0.760. The fourth-order valence-corrected chi connectivity index (χ4v) is 2.07. The maximum atomic E-state index is 4.13. The predicted octanol–water partition coefficient (Wildman–Crippen LogP) is 3.67. The van der Waals surface area contributed by atoms with E-state index in [1.165, 1.54) is 5.56 Å². The van der Waals surface area contributed by atoms with Crippen molar-refractivity contribution in [2.45, 2.75) is 13.5 Å². The molecule has 4 heteroatoms. The molecule has 0 atom stereocenters. The van der Waals surface area contributed by atoms with Gasteiger partial charge in [0.05, 0.1) is 6.20 Å². The standard InChI is InChI=1S/C13H14BrN3/c1-3-17-9-11(8-16-17)7-15-13-5-4-12(14)6-10(13)2/h3-6,8-9,15H,1,7H2,2H3. The molecule has 0 unspecified atom stereocenters. The number of anilines is 1. The van der Waals surface area contributed by atoms with E-state index in [4.69, 9.17) is 0 Å². The Balaban J connectivity index is 2.04. The molecule has 88 valence electrons. The quantitative estimate of drug-likeness (QED) is 0.932. The van der Waals surface area contributed by atoms with Crippen LogP contribution in [0, 0.1) is 6.92 Å². The molecule has 0 saturated heterocycles. The highest BCUT2D eigenvalue weighted by atomic mass is 79.9. The van der Waals surface area contributed by atoms with Crippen LogP contribution in [0.4, 0.5) is 5.69 Å². The number of nitrogens with one attached hydrogen (secondary N) is 1. The van der Waals surface area contributed by atoms with E-state index in [0.29, 0.717) is 0 Å². The first-order valence-electron chi connectivity index (χ1n) is 5.34. The second-order valence-corrected chi connectivity index (χ2v) is 4.74. The monoisotopic (exact) mass is 291 g/mol. The Morgan fingerprint density at radius 2 is 2.35 bits per heavy atom. The summed E-state index contributed by atoms with van der Waals surface area (Å²) in [5.41, 5.74) is 3.49. The average molecular weight is 292 g/mol. The van der Waals surface area contributed by atoms with Crippen molar-refractivity contribution in [3.8, 4) is 0 Å². The Bertz CT molecular complexity index is 531. The Morgan fingerprint density at radius 1 is 1.53 bits per heavy atom. The van der Waals surface area contributed by atoms with Crippen LogP contribution in [0.1, 0.15) is 11.1 Å². The van der Waals surface area contributed by atoms with E-state index in [1.807, 2.05) is 18.5 Å². The molecular weight excluding hydrogens is 278 g/mol. The van der Waals surface area contributed by atoms with E-state index in [2.05, 4.69) is 52.0 Å². The zero-order valence-electron chi connectivity index (χ0n) is 9.65. The van der Waals surface area contributed by atoms with Crippen LogP contribution < -0.4 is 5.32 Å². The molecule has 3 nitrogen and oxygen atoms in total. The largest absolute Gasteiger partial charge is 0.381 e. The van der Waals surface area contributed by atoms with Gasteiger partial charge in [-0.15, -0.1) is 0 Å². The second kappa shape index (κ2) is 5.19. The number of aryl methyl sites for hydroxylation is 1. The van der Waals surface area contributed by atoms with Gasteiger partial charge in [-0.25, -0.2) is 4.68 Å². The van der Waals surface area contributed by atoms with Crippen molar-refractivity contribution in [3.05, 3.63) is 52.8 Å². The molecule has 1 N–H and O–H groups in total. The molecule has 0 aliphatic rings. The first-order chi connectivity index (χ1) is 8.19. The number of halogens is 1. The van der Waals surface area contributed by atoms with E-state index in [-0.39, 0.29) is 0 Å². The second-order valence-electron chi connectivity index (χ2n) is 3.82. The summed E-state index contributed by atoms with van der Waals surface area (Å²) in [7, 11) is 0. The van der Waals surface area contributed by atoms with Crippen LogP contribution in [0.15, 0.2) is 41.6 Å². The lowest BCUT2D eigenvalue weighted by Gasteiger charge is -2.08. The lowest BCUT2D eigenvalue weighted by atomic mass is 10.2. The molecule has 0 aliphatic carbocycles. The van der Waals surface area contributed by atoms with Crippen LogP contribution >= 0.6 is 15.9 Å². The van der Waals surface area contributed by atoms with Crippen LogP contribution in [-0.2, 0) is 6.54 Å². The maximum Gasteiger partial charge on any atom is 0.0543 e. The summed E-state index contributed by atoms with van der Waals surface area (Å²) in [5, 5.41) is 7.52. The van der Waals surface area contributed by atoms with Gasteiger partial charge in [-0.2, -0.15) is 5.10 Å². The molecule has 0 saturated carbocycles. The molecule has 0 bridgehead atoms. The highest BCUT2D eigenvalue weighted by Crippen LogP contribution is 2.20. The summed E-state index contributed by atoms with van der Waals surface area (Å²) in [6.45, 7) is 6.51. The molecule has 1 aromatic heterocycles. The first kappa shape index (κ1) is 11.9. The van der Waals surface area contributed by atoms with Gasteiger partial charge in [0.1, 0.15) is 0 Å². The zero-order valence-corrected chi connectivity index (χ0v) is 11.2. The van der Waals surface area contributed by atoms with Crippen LogP contribution in [0.2, 0.25) is 0 Å². The molecule has 2 rings (SSSR count). The normalized spacial score (nSPS) is 10.2. The van der Waals surface area contributed by atoms with E-state index in [0.717, 1.165) is 22.3 Å². The Morgan fingerprint density at radius 3 is 3.00 bits per heavy atom. The molecule has 0 aliphatic heterocycles. The molecule has 1 aromatic carbocycles. The van der Waals surface area contributed by atoms with Crippen LogP contribution in [0.25, 0.3) is 6.20 Å². The molecule has 0 spiro atoms. The minimum atomic E-state index is 0.760. The summed E-state index contributed by atoms with van der Waals surface area (Å²) in [5.74, 6) is 0. The van der Waals surface area contributed by atoms with Gasteiger partial charge in [0.15, 0.2) is 0 Å². The van der Waals surface area contributed by atoms with E-state index < -0.39 is 0 Å². The molecule has 2 aromatic rings. The zero-order chi connectivity index (χ0) is 12.3. The van der Waals surface area contributed by atoms with Crippen molar-refractivity contribution < 1.29 is 0 Å². The topological polar surface area (TPSA) is 29.9 Å². The third kappa shape index (κ3) is 2.97. The molecule has 0 radical (unpaired) electrons. The number of aromatic nitrogens is 2. The van der Waals surface area contributed by atoms with Gasteiger partial charge in [-0.3, -0.25) is 0 Å². The summed E-state index contributed by atoms with van der Waals surface area (Å²) in [6, 6.07) is 6.19. The Kier molecular flexibility index (Phi) is 3.64. The molecule has 0 amide bonds. The van der Waals surface area contributed by atoms with Crippen molar-refractivity contribution in [2.75, 3.05) is 5.32 Å². The van der Waals surface area contributed by atoms with Crippen molar-refractivity contribution in [1.29, 1.82) is 0 Å². The average Bonchev–Trinajstić information content (AvgIpc) is 2.76. The van der Waals surface area contributed by atoms with E-state index in [1.54, 1.807) is 10.9 Å². The summed E-state index contributed by atoms with van der Waals surface area (Å²) < 4.78 is 2.80. The number of hydrogen-bond acceptors (Lipinski definition) is 2. The molecular formula is C13H14BrN3. The Hall–Kier alpha value is -1.55. The van der Waals surface area contributed by atoms with E-state index in [9.17, 15) is 0 Å². The fraction of sp³-hybridized carbons (Fsp3) is 0.154. The maximum absolute atomic E-state index is 4.13. The van der Waals surface area contributed by atoms with Gasteiger partial charge < -0.3 is 5.32 Å². The summed E-state index contributed by atoms with van der Waals surface area (Å²) in [4.78, 5) is 0. The lowest BCUT2D eigenvalue weighted by molar-refractivity contribution is 0.936. The van der Waals surface area contributed by atoms with Crippen molar-refractivity contribution in [1.82, 2.24) is 9.78 Å². The van der Waals surface area contributed by atoms with Crippen LogP contribution in [-0.4, -0.2) is 9.78 Å². The number of hydrogen-bond donors (Lipinski definition) is 1. The van der Waals surface area contributed by atoms with E-state index >= 15 is 0 Å². The minimum Gasteiger partial charge on any atom is -0.381 e. The highest BCUT2D eigenvalue weighted by molar-refractivity contribution is 9.10. The van der Waals surface area contributed by atoms with Gasteiger partial charge in [0, 0.05) is 34.7 Å². The third-order valence-electron chi connectivity index (χ3n) is 2.51. The third-order valence-corrected chi connectivity index (χ3v) is 3.01. The number of benzene rings is 1. The molecule has 0 fully saturated rings. The number of rotatable bonds is 4. The first-order valence-corrected chi connectivity index (χ1v) is 6.14. The van der Waals surface area contributed by atoms with Gasteiger partial charge in [-0.1, -0.05) is 22.5 Å². The van der Waals surface area contributed by atoms with Gasteiger partial charge in [0.2, 0.25) is 0 Å². The Labute approximate surface area is 109 Å². The highest BCUT2D eigenvalue weighted by Gasteiger charge is 2.00. The van der Waals surface area contributed by atoms with Crippen molar-refractivity contribution in [3.63, 3.8) is 0 Å². The summed E-state index contributed by atoms with van der Waals surface area (Å²) in [6.07, 6.45) is 5.46. The molecule has 1 heterocycles. The van der Waals surface area contributed by atoms with Crippen LogP contribution in [0.5, 0.6) is 0 Å². The summed E-state index contributed by atoms with van der Waals surface area (Å²) >= 11 is 3.45. The predicted molar refractivity (Wildman–Crippen MR) is 74.8 cm³/mol. The van der Waals surface area contributed by atoms with Gasteiger partial charge in [-0.05, 0) is 30.7 Å².